The topological polar surface area (TPSA) is 114 Å². The minimum Gasteiger partial charge on any atom is -0.421 e. The van der Waals surface area contributed by atoms with Crippen molar-refractivity contribution in [2.75, 3.05) is 18.4 Å². The van der Waals surface area contributed by atoms with Gasteiger partial charge in [-0.05, 0) is 49.6 Å². The number of piperidine rings is 1. The van der Waals surface area contributed by atoms with E-state index in [4.69, 9.17) is 10.2 Å². The number of nitrogens with two attached hydrogens (primary N) is 1. The molecule has 0 saturated carbocycles. The van der Waals surface area contributed by atoms with Crippen molar-refractivity contribution in [1.82, 2.24) is 15.1 Å². The van der Waals surface area contributed by atoms with Crippen LogP contribution in [0.3, 0.4) is 0 Å². The second-order valence-corrected chi connectivity index (χ2v) is 8.40. The zero-order valence-corrected chi connectivity index (χ0v) is 18.6. The van der Waals surface area contributed by atoms with Crippen LogP contribution in [0.1, 0.15) is 37.1 Å². The third kappa shape index (κ3) is 6.26. The predicted molar refractivity (Wildman–Crippen MR) is 125 cm³/mol. The molecule has 0 bridgehead atoms. The summed E-state index contributed by atoms with van der Waals surface area (Å²) in [5.41, 5.74) is 8.20. The minimum absolute atomic E-state index is 0.0566. The molecule has 2 amide bonds. The Labute approximate surface area is 193 Å². The van der Waals surface area contributed by atoms with Gasteiger partial charge in [-0.3, -0.25) is 14.5 Å². The van der Waals surface area contributed by atoms with Crippen LogP contribution in [-0.2, 0) is 22.6 Å². The molecule has 1 aliphatic heterocycles. The number of para-hydroxylation sites is 1. The Bertz CT molecular complexity index is 1080. The van der Waals surface area contributed by atoms with Gasteiger partial charge in [-0.25, -0.2) is 0 Å². The summed E-state index contributed by atoms with van der Waals surface area (Å²) in [6, 6.07) is 17.4. The van der Waals surface area contributed by atoms with Crippen LogP contribution in [0.15, 0.2) is 59.0 Å². The van der Waals surface area contributed by atoms with Gasteiger partial charge in [0, 0.05) is 37.2 Å². The highest BCUT2D eigenvalue weighted by molar-refractivity contribution is 5.91. The number of benzene rings is 2. The minimum atomic E-state index is -0.238. The number of rotatable bonds is 9. The normalized spacial score (nSPS) is 16.4. The third-order valence-corrected chi connectivity index (χ3v) is 5.88. The number of hydrogen-bond acceptors (Lipinski definition) is 6. The lowest BCUT2D eigenvalue weighted by atomic mass is 9.97. The van der Waals surface area contributed by atoms with Crippen molar-refractivity contribution >= 4 is 17.5 Å². The van der Waals surface area contributed by atoms with Gasteiger partial charge in [0.1, 0.15) is 0 Å². The average Bonchev–Trinajstić information content (AvgIpc) is 3.30. The first kappa shape index (κ1) is 22.7. The highest BCUT2D eigenvalue weighted by Gasteiger charge is 2.24. The summed E-state index contributed by atoms with van der Waals surface area (Å²) in [6.45, 7) is 2.25. The molecule has 8 nitrogen and oxygen atoms in total. The Kier molecular flexibility index (Phi) is 7.47. The second kappa shape index (κ2) is 10.9. The Morgan fingerprint density at radius 2 is 1.88 bits per heavy atom. The monoisotopic (exact) mass is 447 g/mol. The fourth-order valence-corrected chi connectivity index (χ4v) is 4.12. The van der Waals surface area contributed by atoms with Gasteiger partial charge in [-0.1, -0.05) is 36.4 Å². The molecule has 0 radical (unpaired) electrons. The van der Waals surface area contributed by atoms with Crippen LogP contribution in [0.4, 0.5) is 5.69 Å². The number of likely N-dealkylation sites (tertiary alicyclic amines) is 1. The van der Waals surface area contributed by atoms with E-state index in [0.717, 1.165) is 36.2 Å². The van der Waals surface area contributed by atoms with Gasteiger partial charge >= 0.3 is 0 Å². The molecule has 4 rings (SSSR count). The Hall–Kier alpha value is -3.52. The summed E-state index contributed by atoms with van der Waals surface area (Å²) in [6.07, 6.45) is 3.29. The van der Waals surface area contributed by atoms with E-state index >= 15 is 0 Å². The van der Waals surface area contributed by atoms with E-state index < -0.39 is 0 Å². The van der Waals surface area contributed by atoms with Crippen molar-refractivity contribution in [3.05, 3.63) is 66.1 Å². The standard InChI is InChI=1S/C25H29N5O3/c26-24(32)20-11-7-15-30(17-20)16-19-10-4-5-12-21(19)27-22(31)13-6-14-23-28-29-25(33-23)18-8-2-1-3-9-18/h1-5,8-10,12,20H,6-7,11,13-17H2,(H2,26,32)(H,27,31)/t20-/m0/s1. The van der Waals surface area contributed by atoms with Gasteiger partial charge in [-0.15, -0.1) is 10.2 Å². The van der Waals surface area contributed by atoms with Crippen LogP contribution < -0.4 is 11.1 Å². The van der Waals surface area contributed by atoms with Crippen molar-refractivity contribution in [2.45, 2.75) is 38.6 Å². The van der Waals surface area contributed by atoms with Crippen molar-refractivity contribution in [2.24, 2.45) is 11.7 Å². The first-order chi connectivity index (χ1) is 16.1. The van der Waals surface area contributed by atoms with Gasteiger partial charge in [0.25, 0.3) is 0 Å². The number of anilines is 1. The van der Waals surface area contributed by atoms with E-state index in [1.54, 1.807) is 0 Å². The maximum absolute atomic E-state index is 12.6. The lowest BCUT2D eigenvalue weighted by molar-refractivity contribution is -0.123. The highest BCUT2D eigenvalue weighted by atomic mass is 16.4. The number of carbonyl (C=O) groups is 2. The number of nitrogens with one attached hydrogen (secondary N) is 1. The maximum atomic E-state index is 12.6. The van der Waals surface area contributed by atoms with Gasteiger partial charge in [-0.2, -0.15) is 0 Å². The molecule has 0 unspecified atom stereocenters. The molecule has 1 saturated heterocycles. The number of primary amides is 1. The van der Waals surface area contributed by atoms with Gasteiger partial charge in [0.15, 0.2) is 0 Å². The van der Waals surface area contributed by atoms with Crippen molar-refractivity contribution in [3.63, 3.8) is 0 Å². The van der Waals surface area contributed by atoms with Crippen molar-refractivity contribution in [3.8, 4) is 11.5 Å². The van der Waals surface area contributed by atoms with Crippen LogP contribution in [0, 0.1) is 5.92 Å². The molecule has 172 valence electrons. The van der Waals surface area contributed by atoms with Crippen LogP contribution in [0.2, 0.25) is 0 Å². The van der Waals surface area contributed by atoms with Crippen LogP contribution in [-0.4, -0.2) is 40.0 Å². The maximum Gasteiger partial charge on any atom is 0.247 e. The fourth-order valence-electron chi connectivity index (χ4n) is 4.12. The summed E-state index contributed by atoms with van der Waals surface area (Å²) >= 11 is 0. The van der Waals surface area contributed by atoms with E-state index in [-0.39, 0.29) is 17.7 Å². The van der Waals surface area contributed by atoms with E-state index in [9.17, 15) is 9.59 Å². The molecule has 1 atom stereocenters. The largest absolute Gasteiger partial charge is 0.421 e. The fraction of sp³-hybridized carbons (Fsp3) is 0.360. The Morgan fingerprint density at radius 1 is 1.09 bits per heavy atom. The highest BCUT2D eigenvalue weighted by Crippen LogP contribution is 2.23. The van der Waals surface area contributed by atoms with Gasteiger partial charge in [0.05, 0.1) is 5.92 Å². The third-order valence-electron chi connectivity index (χ3n) is 5.88. The molecule has 0 aliphatic carbocycles. The lowest BCUT2D eigenvalue weighted by Crippen LogP contribution is -2.40. The number of carbonyl (C=O) groups excluding carboxylic acids is 2. The summed E-state index contributed by atoms with van der Waals surface area (Å²) in [4.78, 5) is 26.4. The molecule has 1 aromatic heterocycles. The predicted octanol–water partition coefficient (Wildman–Crippen LogP) is 3.40. The second-order valence-electron chi connectivity index (χ2n) is 8.40. The van der Waals surface area contributed by atoms with E-state index in [1.807, 2.05) is 54.6 Å². The number of nitrogens with zero attached hydrogens (tertiary/aromatic N) is 3. The number of amides is 2. The molecule has 1 fully saturated rings. The lowest BCUT2D eigenvalue weighted by Gasteiger charge is -2.31. The van der Waals surface area contributed by atoms with Gasteiger partial charge < -0.3 is 15.5 Å². The number of hydrogen-bond donors (Lipinski definition) is 2. The average molecular weight is 448 g/mol. The van der Waals surface area contributed by atoms with Crippen LogP contribution in [0.5, 0.6) is 0 Å². The zero-order valence-electron chi connectivity index (χ0n) is 18.6. The first-order valence-electron chi connectivity index (χ1n) is 11.4. The molecule has 33 heavy (non-hydrogen) atoms. The quantitative estimate of drug-likeness (QED) is 0.520. The Balaban J connectivity index is 1.28. The summed E-state index contributed by atoms with van der Waals surface area (Å²) < 4.78 is 5.71. The van der Waals surface area contributed by atoms with E-state index in [2.05, 4.69) is 20.4 Å². The summed E-state index contributed by atoms with van der Waals surface area (Å²) in [7, 11) is 0. The number of aryl methyl sites for hydroxylation is 1. The van der Waals surface area contributed by atoms with Crippen LogP contribution >= 0.6 is 0 Å². The van der Waals surface area contributed by atoms with Crippen molar-refractivity contribution < 1.29 is 14.0 Å². The molecular weight excluding hydrogens is 418 g/mol. The molecule has 2 heterocycles. The summed E-state index contributed by atoms with van der Waals surface area (Å²) in [5.74, 6) is 0.612. The molecule has 8 heteroatoms. The first-order valence-corrected chi connectivity index (χ1v) is 11.4. The summed E-state index contributed by atoms with van der Waals surface area (Å²) in [5, 5.41) is 11.2. The number of aromatic nitrogens is 2. The smallest absolute Gasteiger partial charge is 0.247 e. The van der Waals surface area contributed by atoms with Crippen molar-refractivity contribution in [1.29, 1.82) is 0 Å². The zero-order chi connectivity index (χ0) is 23.0. The van der Waals surface area contributed by atoms with Crippen LogP contribution in [0.25, 0.3) is 11.5 Å². The molecular formula is C25H29N5O3. The Morgan fingerprint density at radius 3 is 2.70 bits per heavy atom. The molecule has 3 N–H and O–H groups in total. The van der Waals surface area contributed by atoms with E-state index in [1.165, 1.54) is 0 Å². The molecule has 2 aromatic carbocycles. The SMILES string of the molecule is NC(=O)[C@H]1CCCN(Cc2ccccc2NC(=O)CCCc2nnc(-c3ccccc3)o2)C1. The van der Waals surface area contributed by atoms with E-state index in [0.29, 0.717) is 44.1 Å². The molecule has 3 aromatic rings. The molecule has 0 spiro atoms. The molecule has 1 aliphatic rings. The van der Waals surface area contributed by atoms with Gasteiger partial charge in [0.2, 0.25) is 23.6 Å².